The van der Waals surface area contributed by atoms with Crippen molar-refractivity contribution < 1.29 is 31.9 Å². The number of anilines is 1. The van der Waals surface area contributed by atoms with E-state index in [-0.39, 0.29) is 18.2 Å². The van der Waals surface area contributed by atoms with Crippen molar-refractivity contribution in [3.63, 3.8) is 0 Å². The van der Waals surface area contributed by atoms with Crippen LogP contribution in [0.3, 0.4) is 0 Å². The lowest BCUT2D eigenvalue weighted by Gasteiger charge is -2.49. The van der Waals surface area contributed by atoms with Crippen LogP contribution in [-0.4, -0.2) is 55.0 Å². The number of rotatable bonds is 11. The smallest absolute Gasteiger partial charge is 0.253 e. The molecular weight excluding hydrogens is 682 g/mol. The lowest BCUT2D eigenvalue weighted by Crippen LogP contribution is -2.59. The predicted octanol–water partition coefficient (Wildman–Crippen LogP) is 5.48. The number of sulfonamides is 1. The van der Waals surface area contributed by atoms with Crippen molar-refractivity contribution in [2.24, 2.45) is 5.92 Å². The first-order valence-electron chi connectivity index (χ1n) is 15.7. The molecule has 2 aliphatic carbocycles. The summed E-state index contributed by atoms with van der Waals surface area (Å²) >= 11 is 12.7. The Balaban J connectivity index is 1.48. The number of hydrogen-bond donors (Lipinski definition) is 2. The number of amides is 3. The molecule has 1 aliphatic heterocycles. The molecule has 0 bridgehead atoms. The van der Waals surface area contributed by atoms with Crippen molar-refractivity contribution in [3.05, 3.63) is 99.8 Å². The number of benzene rings is 3. The Kier molecular flexibility index (Phi) is 9.98. The Bertz CT molecular complexity index is 1800. The maximum Gasteiger partial charge on any atom is 0.253 e. The van der Waals surface area contributed by atoms with Crippen molar-refractivity contribution >= 4 is 56.6 Å². The number of halogens is 3. The maximum absolute atomic E-state index is 15.4. The lowest BCUT2D eigenvalue weighted by molar-refractivity contribution is -0.181. The first kappa shape index (κ1) is 34.2. The van der Waals surface area contributed by atoms with Crippen LogP contribution in [-0.2, 0) is 29.1 Å². The van der Waals surface area contributed by atoms with E-state index >= 15 is 4.39 Å². The summed E-state index contributed by atoms with van der Waals surface area (Å²) in [6, 6.07) is 18.1. The third kappa shape index (κ3) is 7.46. The minimum atomic E-state index is -3.98. The van der Waals surface area contributed by atoms with Crippen LogP contribution in [0.4, 0.5) is 10.1 Å². The number of carbonyl (C=O) groups excluding carboxylic acids is 3. The monoisotopic (exact) mass is 716 g/mol. The predicted molar refractivity (Wildman–Crippen MR) is 179 cm³/mol. The van der Waals surface area contributed by atoms with E-state index in [4.69, 9.17) is 27.9 Å². The van der Waals surface area contributed by atoms with Crippen molar-refractivity contribution in [1.82, 2.24) is 15.8 Å². The zero-order chi connectivity index (χ0) is 34.2. The highest BCUT2D eigenvalue weighted by atomic mass is 35.5. The second kappa shape index (κ2) is 14.0. The molecule has 3 fully saturated rings. The molecule has 10 nitrogen and oxygen atoms in total. The number of nitrogens with zero attached hydrogens (tertiary/aromatic N) is 2. The van der Waals surface area contributed by atoms with Crippen molar-refractivity contribution in [1.29, 1.82) is 0 Å². The zero-order valence-corrected chi connectivity index (χ0v) is 28.3. The van der Waals surface area contributed by atoms with E-state index in [1.807, 2.05) is 0 Å². The average Bonchev–Trinajstić information content (AvgIpc) is 3.96. The van der Waals surface area contributed by atoms with Crippen LogP contribution in [0.2, 0.25) is 10.0 Å². The number of hydrogen-bond acceptors (Lipinski definition) is 6. The lowest BCUT2D eigenvalue weighted by atomic mass is 9.89. The van der Waals surface area contributed by atoms with Crippen LogP contribution in [0.15, 0.2) is 72.8 Å². The molecule has 2 N–H and O–H groups in total. The topological polar surface area (TPSA) is 125 Å². The zero-order valence-electron chi connectivity index (χ0n) is 26.0. The molecule has 14 heteroatoms. The van der Waals surface area contributed by atoms with Gasteiger partial charge >= 0.3 is 0 Å². The van der Waals surface area contributed by atoms with Crippen molar-refractivity contribution in [2.45, 2.75) is 68.6 Å². The fourth-order valence-electron chi connectivity index (χ4n) is 6.24. The fraction of sp³-hybridized carbons (Fsp3) is 0.382. The number of hydrazine groups is 1. The third-order valence-electron chi connectivity index (χ3n) is 8.82. The molecule has 3 aliphatic rings. The van der Waals surface area contributed by atoms with Gasteiger partial charge in [0.25, 0.3) is 5.91 Å². The number of nitrogens with one attached hydrogen (secondary N) is 2. The standard InChI is InChI=1S/C34H35Cl2FN4O6S/c1-20(42)38-39-31(43)18-30-34(44)41(32(22-11-13-24(35)14-12-22)33(47-30)23-5-4-6-25(36)17-23)29(21-9-10-21)19-40(48(45,46)26-15-16-26)28-8-3-2-7-27(28)37/h2-8,11-14,17,21,26,29-30,32-33H,9-10,15-16,18-19H2,1H3,(H,38,42)(H,39,43)/t29?,30-,32+,33+/m0/s1. The maximum atomic E-state index is 15.4. The van der Waals surface area contributed by atoms with Crippen molar-refractivity contribution in [3.8, 4) is 0 Å². The second-order valence-corrected chi connectivity index (χ2v) is 15.4. The van der Waals surface area contributed by atoms with Gasteiger partial charge in [-0.2, -0.15) is 0 Å². The Hall–Kier alpha value is -3.71. The van der Waals surface area contributed by atoms with Crippen LogP contribution in [0.5, 0.6) is 0 Å². The summed E-state index contributed by atoms with van der Waals surface area (Å²) in [6.45, 7) is 1.03. The molecule has 1 heterocycles. The number of morpholine rings is 1. The van der Waals surface area contributed by atoms with Gasteiger partial charge in [-0.05, 0) is 79.1 Å². The van der Waals surface area contributed by atoms with Crippen LogP contribution >= 0.6 is 23.2 Å². The van der Waals surface area contributed by atoms with Gasteiger partial charge in [0.1, 0.15) is 18.0 Å². The van der Waals surface area contributed by atoms with Gasteiger partial charge < -0.3 is 9.64 Å². The van der Waals surface area contributed by atoms with Gasteiger partial charge in [0.15, 0.2) is 0 Å². The van der Waals surface area contributed by atoms with Gasteiger partial charge in [0, 0.05) is 17.0 Å². The summed E-state index contributed by atoms with van der Waals surface area (Å²) in [5.41, 5.74) is 5.71. The molecule has 254 valence electrons. The molecule has 0 radical (unpaired) electrons. The van der Waals surface area contributed by atoms with E-state index in [1.54, 1.807) is 59.5 Å². The van der Waals surface area contributed by atoms with Gasteiger partial charge in [0.05, 0.1) is 36.0 Å². The minimum absolute atomic E-state index is 0.0866. The van der Waals surface area contributed by atoms with Gasteiger partial charge in [0.2, 0.25) is 21.8 Å². The third-order valence-corrected chi connectivity index (χ3v) is 11.6. The number of carbonyl (C=O) groups is 3. The molecule has 0 aromatic heterocycles. The van der Waals surface area contributed by atoms with E-state index < -0.39 is 69.5 Å². The molecule has 48 heavy (non-hydrogen) atoms. The molecule has 3 aromatic carbocycles. The summed E-state index contributed by atoms with van der Waals surface area (Å²) in [4.78, 5) is 40.7. The van der Waals surface area contributed by atoms with Crippen molar-refractivity contribution in [2.75, 3.05) is 10.8 Å². The Morgan fingerprint density at radius 2 is 1.67 bits per heavy atom. The first-order valence-corrected chi connectivity index (χ1v) is 18.0. The van der Waals surface area contributed by atoms with Crippen LogP contribution in [0.1, 0.15) is 62.3 Å². The van der Waals surface area contributed by atoms with E-state index in [2.05, 4.69) is 10.9 Å². The molecule has 4 atom stereocenters. The van der Waals surface area contributed by atoms with E-state index in [1.165, 1.54) is 25.1 Å². The van der Waals surface area contributed by atoms with Gasteiger partial charge in [-0.3, -0.25) is 29.5 Å². The van der Waals surface area contributed by atoms with E-state index in [9.17, 15) is 22.8 Å². The van der Waals surface area contributed by atoms with E-state index in [0.717, 1.165) is 4.31 Å². The highest BCUT2D eigenvalue weighted by Crippen LogP contribution is 2.49. The Morgan fingerprint density at radius 3 is 2.29 bits per heavy atom. The van der Waals surface area contributed by atoms with Crippen LogP contribution in [0, 0.1) is 11.7 Å². The molecule has 0 spiro atoms. The van der Waals surface area contributed by atoms with Gasteiger partial charge in [-0.1, -0.05) is 59.6 Å². The highest BCUT2D eigenvalue weighted by molar-refractivity contribution is 7.93. The van der Waals surface area contributed by atoms with E-state index in [0.29, 0.717) is 46.9 Å². The fourth-order valence-corrected chi connectivity index (χ4v) is 8.43. The summed E-state index contributed by atoms with van der Waals surface area (Å²) in [5, 5.41) is 0.253. The largest absolute Gasteiger partial charge is 0.357 e. The summed E-state index contributed by atoms with van der Waals surface area (Å²) in [6.07, 6.45) is -0.242. The first-order chi connectivity index (χ1) is 22.9. The molecule has 6 rings (SSSR count). The molecule has 1 unspecified atom stereocenters. The van der Waals surface area contributed by atoms with Crippen LogP contribution in [0.25, 0.3) is 0 Å². The summed E-state index contributed by atoms with van der Waals surface area (Å²) in [7, 11) is -3.98. The minimum Gasteiger partial charge on any atom is -0.357 e. The molecule has 3 amide bonds. The molecule has 1 saturated heterocycles. The normalized spacial score (nSPS) is 21.8. The SMILES string of the molecule is CC(=O)NNC(=O)C[C@@H]1O[C@H](c2cccc(Cl)c2)[C@@H](c2ccc(Cl)cc2)N(C(CN(c2ccccc2F)S(=O)(=O)C2CC2)C2CC2)C1=O. The van der Waals surface area contributed by atoms with Gasteiger partial charge in [-0.15, -0.1) is 0 Å². The second-order valence-electron chi connectivity index (χ2n) is 12.4. The molecule has 3 aromatic rings. The Labute approximate surface area is 288 Å². The molecule has 2 saturated carbocycles. The average molecular weight is 718 g/mol. The summed E-state index contributed by atoms with van der Waals surface area (Å²) < 4.78 is 50.9. The quantitative estimate of drug-likeness (QED) is 0.254. The number of ether oxygens (including phenoxy) is 1. The summed E-state index contributed by atoms with van der Waals surface area (Å²) in [5.74, 6) is -2.51. The van der Waals surface area contributed by atoms with Crippen LogP contribution < -0.4 is 15.2 Å². The molecular formula is C34H35Cl2FN4O6S. The highest BCUT2D eigenvalue weighted by Gasteiger charge is 2.52. The number of para-hydroxylation sites is 1. The Morgan fingerprint density at radius 1 is 0.958 bits per heavy atom. The van der Waals surface area contributed by atoms with Gasteiger partial charge in [-0.25, -0.2) is 12.8 Å².